The molecular formula is C12H13BrN4OS. The average Bonchev–Trinajstić information content (AvgIpc) is 2.83. The summed E-state index contributed by atoms with van der Waals surface area (Å²) in [6.07, 6.45) is 1.47. The zero-order chi connectivity index (χ0) is 13.9. The number of H-pyrrole nitrogens is 1. The Morgan fingerprint density at radius 2 is 2.05 bits per heavy atom. The SMILES string of the molecule is CC(C)(Br)C(=O)Nc1ccc(Sc2ncn[nH]2)cc1. The van der Waals surface area contributed by atoms with Gasteiger partial charge in [-0.25, -0.2) is 4.98 Å². The van der Waals surface area contributed by atoms with Gasteiger partial charge < -0.3 is 5.32 Å². The van der Waals surface area contributed by atoms with Crippen molar-refractivity contribution in [2.24, 2.45) is 0 Å². The monoisotopic (exact) mass is 340 g/mol. The van der Waals surface area contributed by atoms with Gasteiger partial charge in [-0.15, -0.1) is 0 Å². The molecule has 0 spiro atoms. The summed E-state index contributed by atoms with van der Waals surface area (Å²) in [6.45, 7) is 3.60. The Bertz CT molecular complexity index is 548. The zero-order valence-corrected chi connectivity index (χ0v) is 12.9. The third-order valence-electron chi connectivity index (χ3n) is 2.26. The molecule has 0 aliphatic heterocycles. The first-order valence-corrected chi connectivity index (χ1v) is 7.20. The molecule has 0 radical (unpaired) electrons. The molecule has 1 amide bonds. The van der Waals surface area contributed by atoms with E-state index in [1.165, 1.54) is 18.1 Å². The Kier molecular flexibility index (Phi) is 4.26. The van der Waals surface area contributed by atoms with Crippen molar-refractivity contribution in [1.29, 1.82) is 0 Å². The quantitative estimate of drug-likeness (QED) is 0.839. The third kappa shape index (κ3) is 4.07. The minimum absolute atomic E-state index is 0.0804. The maximum absolute atomic E-state index is 11.8. The van der Waals surface area contributed by atoms with E-state index in [1.54, 1.807) is 13.8 Å². The van der Waals surface area contributed by atoms with E-state index < -0.39 is 4.32 Å². The summed E-state index contributed by atoms with van der Waals surface area (Å²) >= 11 is 4.80. The van der Waals surface area contributed by atoms with Crippen LogP contribution in [0.25, 0.3) is 0 Å². The van der Waals surface area contributed by atoms with Crippen molar-refractivity contribution in [3.63, 3.8) is 0 Å². The second-order valence-corrected chi connectivity index (χ2v) is 7.39. The summed E-state index contributed by atoms with van der Waals surface area (Å²) in [5.41, 5.74) is 0.763. The standard InChI is InChI=1S/C12H13BrN4OS/c1-12(2,13)10(18)16-8-3-5-9(6-4-8)19-11-14-7-15-17-11/h3-7H,1-2H3,(H,16,18)(H,14,15,17). The maximum atomic E-state index is 11.8. The van der Waals surface area contributed by atoms with Gasteiger partial charge in [0.2, 0.25) is 5.91 Å². The summed E-state index contributed by atoms with van der Waals surface area (Å²) in [5.74, 6) is -0.0804. The van der Waals surface area contributed by atoms with E-state index in [4.69, 9.17) is 0 Å². The first-order chi connectivity index (χ1) is 8.95. The molecule has 0 saturated carbocycles. The number of benzene rings is 1. The fourth-order valence-corrected chi connectivity index (χ4v) is 2.03. The lowest BCUT2D eigenvalue weighted by Crippen LogP contribution is -2.30. The van der Waals surface area contributed by atoms with Gasteiger partial charge in [-0.1, -0.05) is 27.7 Å². The van der Waals surface area contributed by atoms with E-state index in [1.807, 2.05) is 24.3 Å². The molecule has 0 atom stereocenters. The number of nitrogens with one attached hydrogen (secondary N) is 2. The van der Waals surface area contributed by atoms with Gasteiger partial charge >= 0.3 is 0 Å². The van der Waals surface area contributed by atoms with Gasteiger partial charge in [-0.2, -0.15) is 5.10 Å². The minimum Gasteiger partial charge on any atom is -0.325 e. The van der Waals surface area contributed by atoms with Crippen LogP contribution in [-0.4, -0.2) is 25.4 Å². The van der Waals surface area contributed by atoms with Gasteiger partial charge in [0, 0.05) is 10.6 Å². The van der Waals surface area contributed by atoms with Crippen LogP contribution in [0.4, 0.5) is 5.69 Å². The molecule has 0 saturated heterocycles. The number of hydrogen-bond donors (Lipinski definition) is 2. The summed E-state index contributed by atoms with van der Waals surface area (Å²) < 4.78 is -0.583. The van der Waals surface area contributed by atoms with E-state index in [9.17, 15) is 4.79 Å². The first-order valence-electron chi connectivity index (χ1n) is 5.59. The van der Waals surface area contributed by atoms with Gasteiger partial charge in [0.25, 0.3) is 0 Å². The van der Waals surface area contributed by atoms with Crippen LogP contribution in [0.5, 0.6) is 0 Å². The summed E-state index contributed by atoms with van der Waals surface area (Å²) in [7, 11) is 0. The topological polar surface area (TPSA) is 70.7 Å². The second kappa shape index (κ2) is 5.75. The third-order valence-corrected chi connectivity index (χ3v) is 3.52. The molecular weight excluding hydrogens is 328 g/mol. The van der Waals surface area contributed by atoms with Crippen LogP contribution in [0.3, 0.4) is 0 Å². The molecule has 2 N–H and O–H groups in total. The molecule has 0 unspecified atom stereocenters. The number of rotatable bonds is 4. The highest BCUT2D eigenvalue weighted by molar-refractivity contribution is 9.10. The molecule has 2 aromatic rings. The number of aromatic amines is 1. The van der Waals surface area contributed by atoms with Crippen LogP contribution >= 0.6 is 27.7 Å². The minimum atomic E-state index is -0.583. The summed E-state index contributed by atoms with van der Waals surface area (Å²) in [5, 5.41) is 10.1. The van der Waals surface area contributed by atoms with Gasteiger partial charge in [-0.3, -0.25) is 9.89 Å². The van der Waals surface area contributed by atoms with E-state index in [0.717, 1.165) is 15.7 Å². The van der Waals surface area contributed by atoms with Gasteiger partial charge in [0.15, 0.2) is 5.16 Å². The molecule has 19 heavy (non-hydrogen) atoms. The molecule has 2 rings (SSSR count). The highest BCUT2D eigenvalue weighted by Gasteiger charge is 2.23. The molecule has 1 heterocycles. The molecule has 0 aliphatic carbocycles. The van der Waals surface area contributed by atoms with Crippen LogP contribution < -0.4 is 5.32 Å². The maximum Gasteiger partial charge on any atom is 0.240 e. The number of nitrogens with zero attached hydrogens (tertiary/aromatic N) is 2. The molecule has 0 fully saturated rings. The van der Waals surface area contributed by atoms with Crippen molar-refractivity contribution in [3.8, 4) is 0 Å². The van der Waals surface area contributed by atoms with E-state index in [-0.39, 0.29) is 5.91 Å². The van der Waals surface area contributed by atoms with E-state index >= 15 is 0 Å². The molecule has 1 aromatic carbocycles. The number of amides is 1. The Morgan fingerprint density at radius 3 is 2.58 bits per heavy atom. The lowest BCUT2D eigenvalue weighted by molar-refractivity contribution is -0.117. The average molecular weight is 341 g/mol. The number of alkyl halides is 1. The Labute approximate surface area is 123 Å². The predicted molar refractivity (Wildman–Crippen MR) is 78.6 cm³/mol. The fourth-order valence-electron chi connectivity index (χ4n) is 1.24. The van der Waals surface area contributed by atoms with Gasteiger partial charge in [0.05, 0.1) is 4.32 Å². The van der Waals surface area contributed by atoms with Crippen molar-refractivity contribution in [3.05, 3.63) is 30.6 Å². The van der Waals surface area contributed by atoms with Crippen molar-refractivity contribution < 1.29 is 4.79 Å². The number of carbonyl (C=O) groups is 1. The molecule has 7 heteroatoms. The van der Waals surface area contributed by atoms with Crippen LogP contribution in [0.2, 0.25) is 0 Å². The van der Waals surface area contributed by atoms with Crippen molar-refractivity contribution >= 4 is 39.3 Å². The van der Waals surface area contributed by atoms with Crippen LogP contribution in [0, 0.1) is 0 Å². The smallest absolute Gasteiger partial charge is 0.240 e. The van der Waals surface area contributed by atoms with E-state index in [2.05, 4.69) is 36.4 Å². The summed E-state index contributed by atoms with van der Waals surface area (Å²) in [6, 6.07) is 7.55. The molecule has 0 bridgehead atoms. The second-order valence-electron chi connectivity index (χ2n) is 4.34. The number of aromatic nitrogens is 3. The predicted octanol–water partition coefficient (Wildman–Crippen LogP) is 3.07. The number of anilines is 1. The highest BCUT2D eigenvalue weighted by Crippen LogP contribution is 2.26. The largest absolute Gasteiger partial charge is 0.325 e. The van der Waals surface area contributed by atoms with Crippen molar-refractivity contribution in [2.75, 3.05) is 5.32 Å². The molecule has 1 aromatic heterocycles. The summed E-state index contributed by atoms with van der Waals surface area (Å²) in [4.78, 5) is 16.8. The van der Waals surface area contributed by atoms with Crippen molar-refractivity contribution in [1.82, 2.24) is 15.2 Å². The normalized spacial score (nSPS) is 11.3. The van der Waals surface area contributed by atoms with Crippen molar-refractivity contribution in [2.45, 2.75) is 28.2 Å². The number of carbonyl (C=O) groups excluding carboxylic acids is 1. The van der Waals surface area contributed by atoms with Gasteiger partial charge in [0.1, 0.15) is 6.33 Å². The Balaban J connectivity index is 2.01. The lowest BCUT2D eigenvalue weighted by atomic mass is 10.2. The number of halogens is 1. The van der Waals surface area contributed by atoms with E-state index in [0.29, 0.717) is 0 Å². The molecule has 100 valence electrons. The highest BCUT2D eigenvalue weighted by atomic mass is 79.9. The van der Waals surface area contributed by atoms with Crippen LogP contribution in [0.1, 0.15) is 13.8 Å². The zero-order valence-electron chi connectivity index (χ0n) is 10.5. The molecule has 0 aliphatic rings. The fraction of sp³-hybridized carbons (Fsp3) is 0.250. The Morgan fingerprint density at radius 1 is 1.37 bits per heavy atom. The first kappa shape index (κ1) is 14.1. The number of hydrogen-bond acceptors (Lipinski definition) is 4. The molecule has 5 nitrogen and oxygen atoms in total. The van der Waals surface area contributed by atoms with Gasteiger partial charge in [-0.05, 0) is 38.1 Å². The Hall–Kier alpha value is -1.34. The van der Waals surface area contributed by atoms with Crippen LogP contribution in [0.15, 0.2) is 40.6 Å². The van der Waals surface area contributed by atoms with Crippen LogP contribution in [-0.2, 0) is 4.79 Å². The lowest BCUT2D eigenvalue weighted by Gasteiger charge is -2.15.